The van der Waals surface area contributed by atoms with Gasteiger partial charge in [0.05, 0.1) is 0 Å². The van der Waals surface area contributed by atoms with Gasteiger partial charge in [-0.2, -0.15) is 0 Å². The molecule has 0 aliphatic carbocycles. The van der Waals surface area contributed by atoms with Crippen LogP contribution < -0.4 is 5.56 Å². The highest BCUT2D eigenvalue weighted by molar-refractivity contribution is 7.99. The van der Waals surface area contributed by atoms with Crippen molar-refractivity contribution in [3.05, 3.63) is 38.9 Å². The quantitative estimate of drug-likeness (QED) is 0.582. The fraction of sp³-hybridized carbons (Fsp3) is 0.231. The average molecular weight is 304 g/mol. The van der Waals surface area contributed by atoms with Crippen molar-refractivity contribution in [2.75, 3.05) is 0 Å². The van der Waals surface area contributed by atoms with E-state index in [1.165, 1.54) is 34.5 Å². The van der Waals surface area contributed by atoms with E-state index in [0.29, 0.717) is 5.16 Å². The smallest absolute Gasteiger partial charge is 0.251 e. The largest absolute Gasteiger partial charge is 0.301 e. The first-order valence-corrected chi connectivity index (χ1v) is 7.65. The minimum Gasteiger partial charge on any atom is -0.301 e. The molecule has 0 aliphatic rings. The summed E-state index contributed by atoms with van der Waals surface area (Å²) in [5.41, 5.74) is 1.02. The lowest BCUT2D eigenvalue weighted by molar-refractivity contribution is 0.928. The predicted octanol–water partition coefficient (Wildman–Crippen LogP) is 2.85. The van der Waals surface area contributed by atoms with Gasteiger partial charge in [-0.25, -0.2) is 15.0 Å². The van der Waals surface area contributed by atoms with E-state index in [4.69, 9.17) is 0 Å². The van der Waals surface area contributed by atoms with Gasteiger partial charge in [-0.15, -0.1) is 11.3 Å². The summed E-state index contributed by atoms with van der Waals surface area (Å²) in [4.78, 5) is 29.4. The lowest BCUT2D eigenvalue weighted by Crippen LogP contribution is -2.05. The van der Waals surface area contributed by atoms with E-state index < -0.39 is 0 Å². The monoisotopic (exact) mass is 304 g/mol. The fourth-order valence-electron chi connectivity index (χ4n) is 1.88. The first-order chi connectivity index (χ1) is 9.54. The molecule has 20 heavy (non-hydrogen) atoms. The molecule has 5 nitrogen and oxygen atoms in total. The molecule has 7 heteroatoms. The van der Waals surface area contributed by atoms with Crippen molar-refractivity contribution in [2.24, 2.45) is 0 Å². The van der Waals surface area contributed by atoms with E-state index in [2.05, 4.69) is 33.8 Å². The van der Waals surface area contributed by atoms with Crippen LogP contribution in [0, 0.1) is 20.8 Å². The Balaban J connectivity index is 2.17. The second kappa shape index (κ2) is 4.99. The van der Waals surface area contributed by atoms with Gasteiger partial charge >= 0.3 is 0 Å². The Bertz CT molecular complexity index is 853. The maximum absolute atomic E-state index is 11.3. The van der Waals surface area contributed by atoms with E-state index in [1.807, 2.05) is 6.92 Å². The highest BCUT2D eigenvalue weighted by atomic mass is 32.2. The predicted molar refractivity (Wildman–Crippen MR) is 80.6 cm³/mol. The van der Waals surface area contributed by atoms with Crippen molar-refractivity contribution in [1.29, 1.82) is 0 Å². The van der Waals surface area contributed by atoms with E-state index >= 15 is 0 Å². The number of H-pyrrole nitrogens is 1. The van der Waals surface area contributed by atoms with Crippen molar-refractivity contribution < 1.29 is 0 Å². The molecular formula is C13H12N4OS2. The molecule has 102 valence electrons. The molecule has 3 heterocycles. The van der Waals surface area contributed by atoms with Gasteiger partial charge in [0.2, 0.25) is 0 Å². The van der Waals surface area contributed by atoms with Crippen LogP contribution in [0.4, 0.5) is 0 Å². The zero-order valence-electron chi connectivity index (χ0n) is 11.2. The lowest BCUT2D eigenvalue weighted by atomic mass is 10.2. The number of thiophene rings is 1. The third-order valence-corrected chi connectivity index (χ3v) is 4.94. The van der Waals surface area contributed by atoms with Crippen LogP contribution in [0.3, 0.4) is 0 Å². The number of nitrogens with one attached hydrogen (secondary N) is 1. The van der Waals surface area contributed by atoms with Crippen molar-refractivity contribution >= 4 is 33.3 Å². The summed E-state index contributed by atoms with van der Waals surface area (Å²) in [5, 5.41) is 2.43. The molecule has 1 N–H and O–H groups in total. The number of hydrogen-bond acceptors (Lipinski definition) is 6. The van der Waals surface area contributed by atoms with Crippen molar-refractivity contribution in [2.45, 2.75) is 31.0 Å². The highest BCUT2D eigenvalue weighted by Crippen LogP contribution is 2.36. The minimum atomic E-state index is -0.164. The average Bonchev–Trinajstić information content (AvgIpc) is 2.64. The Hall–Kier alpha value is -1.73. The maximum atomic E-state index is 11.3. The first kappa shape index (κ1) is 13.3. The van der Waals surface area contributed by atoms with E-state index in [1.54, 1.807) is 11.3 Å². The second-order valence-electron chi connectivity index (χ2n) is 4.38. The van der Waals surface area contributed by atoms with Crippen LogP contribution in [0.2, 0.25) is 0 Å². The molecule has 0 radical (unpaired) electrons. The summed E-state index contributed by atoms with van der Waals surface area (Å²) in [7, 11) is 0. The maximum Gasteiger partial charge on any atom is 0.251 e. The van der Waals surface area contributed by atoms with Gasteiger partial charge in [0.25, 0.3) is 5.56 Å². The van der Waals surface area contributed by atoms with Crippen LogP contribution >= 0.6 is 23.1 Å². The molecule has 0 bridgehead atoms. The first-order valence-electron chi connectivity index (χ1n) is 6.02. The zero-order chi connectivity index (χ0) is 14.3. The van der Waals surface area contributed by atoms with Gasteiger partial charge < -0.3 is 4.98 Å². The molecule has 0 aromatic carbocycles. The molecule has 3 rings (SSSR count). The van der Waals surface area contributed by atoms with Gasteiger partial charge in [-0.1, -0.05) is 0 Å². The number of fused-ring (bicyclic) bond motifs is 1. The fourth-order valence-corrected chi connectivity index (χ4v) is 4.00. The second-order valence-corrected chi connectivity index (χ2v) is 6.56. The number of nitrogens with zero attached hydrogens (tertiary/aromatic N) is 3. The summed E-state index contributed by atoms with van der Waals surface area (Å²) in [6.45, 7) is 6.02. The molecule has 0 saturated heterocycles. The molecule has 3 aromatic heterocycles. The van der Waals surface area contributed by atoms with Crippen LogP contribution in [-0.2, 0) is 0 Å². The Morgan fingerprint density at radius 2 is 2.05 bits per heavy atom. The normalized spacial score (nSPS) is 11.2. The van der Waals surface area contributed by atoms with Crippen LogP contribution in [0.5, 0.6) is 0 Å². The summed E-state index contributed by atoms with van der Waals surface area (Å²) in [5.74, 6) is 0.722. The van der Waals surface area contributed by atoms with E-state index in [9.17, 15) is 4.79 Å². The summed E-state index contributed by atoms with van der Waals surface area (Å²) in [6.07, 6.45) is 1.50. The lowest BCUT2D eigenvalue weighted by Gasteiger charge is -2.03. The van der Waals surface area contributed by atoms with Crippen LogP contribution in [0.15, 0.2) is 27.2 Å². The number of aryl methyl sites for hydroxylation is 3. The van der Waals surface area contributed by atoms with Gasteiger partial charge in [-0.05, 0) is 38.1 Å². The SMILES string of the molecule is Cc1nc(Sc2nccc(=O)[nH]2)c2c(C)c(C)sc2n1. The topological polar surface area (TPSA) is 71.5 Å². The summed E-state index contributed by atoms with van der Waals surface area (Å²) >= 11 is 3.03. The third kappa shape index (κ3) is 2.34. The minimum absolute atomic E-state index is 0.164. The number of rotatable bonds is 2. The zero-order valence-corrected chi connectivity index (χ0v) is 12.9. The third-order valence-electron chi connectivity index (χ3n) is 2.95. The number of aromatic nitrogens is 4. The molecule has 0 fully saturated rings. The van der Waals surface area contributed by atoms with Gasteiger partial charge in [0.1, 0.15) is 15.7 Å². The molecule has 0 saturated carbocycles. The Morgan fingerprint density at radius 3 is 2.80 bits per heavy atom. The highest BCUT2D eigenvalue weighted by Gasteiger charge is 2.15. The molecule has 0 spiro atoms. The van der Waals surface area contributed by atoms with Crippen molar-refractivity contribution in [3.8, 4) is 0 Å². The molecular weight excluding hydrogens is 292 g/mol. The standard InChI is InChI=1S/C13H12N4OS2/c1-6-7(2)19-11-10(6)12(16-8(3)15-11)20-13-14-5-4-9(18)17-13/h4-5H,1-3H3,(H,14,17,18). The summed E-state index contributed by atoms with van der Waals surface area (Å²) in [6, 6.07) is 1.39. The van der Waals surface area contributed by atoms with Crippen molar-refractivity contribution in [3.63, 3.8) is 0 Å². The number of aromatic amines is 1. The molecule has 3 aromatic rings. The molecule has 0 amide bonds. The van der Waals surface area contributed by atoms with Crippen LogP contribution in [-0.4, -0.2) is 19.9 Å². The van der Waals surface area contributed by atoms with Gasteiger partial charge in [-0.3, -0.25) is 4.79 Å². The molecule has 0 unspecified atom stereocenters. The Morgan fingerprint density at radius 1 is 1.25 bits per heavy atom. The Kier molecular flexibility index (Phi) is 3.31. The van der Waals surface area contributed by atoms with Crippen LogP contribution in [0.1, 0.15) is 16.3 Å². The van der Waals surface area contributed by atoms with Gasteiger partial charge in [0.15, 0.2) is 5.16 Å². The summed E-state index contributed by atoms with van der Waals surface area (Å²) < 4.78 is 0. The van der Waals surface area contributed by atoms with Crippen LogP contribution in [0.25, 0.3) is 10.2 Å². The molecule has 0 atom stereocenters. The number of hydrogen-bond donors (Lipinski definition) is 1. The van der Waals surface area contributed by atoms with E-state index in [-0.39, 0.29) is 5.56 Å². The van der Waals surface area contributed by atoms with Crippen molar-refractivity contribution in [1.82, 2.24) is 19.9 Å². The Labute approximate surface area is 123 Å². The van der Waals surface area contributed by atoms with Gasteiger partial charge in [0, 0.05) is 22.5 Å². The van der Waals surface area contributed by atoms with E-state index in [0.717, 1.165) is 21.1 Å². The molecule has 0 aliphatic heterocycles.